The van der Waals surface area contributed by atoms with Crippen LogP contribution in [-0.4, -0.2) is 71.4 Å². The van der Waals surface area contributed by atoms with Gasteiger partial charge in [0.1, 0.15) is 23.7 Å². The number of alkyl halides is 3. The number of methoxy groups -OCH3 is 1. The molecule has 0 radical (unpaired) electrons. The molecule has 224 valence electrons. The number of nitrogens with zero attached hydrogens (tertiary/aromatic N) is 4. The van der Waals surface area contributed by atoms with Crippen LogP contribution in [0.5, 0.6) is 0 Å². The van der Waals surface area contributed by atoms with Crippen LogP contribution in [0, 0.1) is 18.8 Å². The molecule has 1 unspecified atom stereocenters. The largest absolute Gasteiger partial charge is 0.410 e. The molecule has 0 spiro atoms. The zero-order valence-electron chi connectivity index (χ0n) is 23.2. The van der Waals surface area contributed by atoms with Crippen molar-refractivity contribution >= 4 is 23.7 Å². The topological polar surface area (TPSA) is 144 Å². The maximum atomic E-state index is 13.8. The summed E-state index contributed by atoms with van der Waals surface area (Å²) in [6.45, 7) is 3.08. The molecule has 2 fully saturated rings. The number of anilines is 1. The van der Waals surface area contributed by atoms with E-state index >= 15 is 0 Å². The molecule has 3 heterocycles. The second kappa shape index (κ2) is 12.5. The monoisotopic (exact) mass is 580 g/mol. The zero-order chi connectivity index (χ0) is 29.9. The average Bonchev–Trinajstić information content (AvgIpc) is 3.51. The number of pyridine rings is 1. The van der Waals surface area contributed by atoms with Gasteiger partial charge in [-0.3, -0.25) is 14.5 Å². The zero-order valence-corrected chi connectivity index (χ0v) is 23.2. The molecule has 0 bridgehead atoms. The van der Waals surface area contributed by atoms with Crippen molar-refractivity contribution in [3.8, 4) is 0 Å². The summed E-state index contributed by atoms with van der Waals surface area (Å²) in [4.78, 5) is 46.0. The highest BCUT2D eigenvalue weighted by atomic mass is 19.4. The summed E-state index contributed by atoms with van der Waals surface area (Å²) in [7, 11) is 1.37. The van der Waals surface area contributed by atoms with Crippen molar-refractivity contribution in [1.82, 2.24) is 20.4 Å². The SMILES string of the molecule is COC[C@H](c1ccnc(N(C(=O)Cc2cc(C)on2)C(C(N)=O)C2CCC(C)CC2)c1)N1C[C@@H](C(F)(F)F)NC1=O. The van der Waals surface area contributed by atoms with E-state index < -0.39 is 48.7 Å². The number of hydrogen-bond donors (Lipinski definition) is 2. The molecular formula is C27H35F3N6O5. The van der Waals surface area contributed by atoms with Crippen molar-refractivity contribution in [3.63, 3.8) is 0 Å². The van der Waals surface area contributed by atoms with E-state index in [0.717, 1.165) is 17.7 Å². The minimum absolute atomic E-state index is 0.0863. The van der Waals surface area contributed by atoms with Crippen molar-refractivity contribution in [2.45, 2.75) is 70.3 Å². The molecule has 11 nitrogen and oxygen atoms in total. The second-order valence-corrected chi connectivity index (χ2v) is 10.9. The third kappa shape index (κ3) is 6.97. The summed E-state index contributed by atoms with van der Waals surface area (Å²) in [5.41, 5.74) is 6.65. The van der Waals surface area contributed by atoms with Crippen LogP contribution in [0.25, 0.3) is 0 Å². The number of ether oxygens (including phenoxy) is 1. The summed E-state index contributed by atoms with van der Waals surface area (Å²) in [6.07, 6.45) is -0.343. The van der Waals surface area contributed by atoms with Gasteiger partial charge in [0, 0.05) is 19.4 Å². The fourth-order valence-electron chi connectivity index (χ4n) is 5.65. The maximum Gasteiger partial charge on any atom is 0.410 e. The van der Waals surface area contributed by atoms with Crippen molar-refractivity contribution in [2.24, 2.45) is 17.6 Å². The van der Waals surface area contributed by atoms with Gasteiger partial charge in [0.2, 0.25) is 11.8 Å². The Labute approximate surface area is 235 Å². The molecule has 1 saturated heterocycles. The van der Waals surface area contributed by atoms with Gasteiger partial charge in [-0.2, -0.15) is 13.2 Å². The molecular weight excluding hydrogens is 545 g/mol. The molecule has 2 aromatic heterocycles. The molecule has 41 heavy (non-hydrogen) atoms. The van der Waals surface area contributed by atoms with Gasteiger partial charge in [0.25, 0.3) is 0 Å². The average molecular weight is 581 g/mol. The molecule has 4 rings (SSSR count). The highest BCUT2D eigenvalue weighted by Crippen LogP contribution is 2.36. The molecule has 14 heteroatoms. The molecule has 2 aliphatic rings. The fraction of sp³-hybridized carbons (Fsp3) is 0.593. The molecule has 3 atom stereocenters. The van der Waals surface area contributed by atoms with E-state index in [-0.39, 0.29) is 24.8 Å². The number of rotatable bonds is 10. The lowest BCUT2D eigenvalue weighted by Gasteiger charge is -2.38. The lowest BCUT2D eigenvalue weighted by Crippen LogP contribution is -2.53. The lowest BCUT2D eigenvalue weighted by molar-refractivity contribution is -0.150. The lowest BCUT2D eigenvalue weighted by atomic mass is 9.78. The smallest absolute Gasteiger partial charge is 0.382 e. The van der Waals surface area contributed by atoms with Crippen LogP contribution in [-0.2, 0) is 20.7 Å². The van der Waals surface area contributed by atoms with Crippen LogP contribution >= 0.6 is 0 Å². The first-order valence-corrected chi connectivity index (χ1v) is 13.5. The van der Waals surface area contributed by atoms with Crippen LogP contribution < -0.4 is 16.0 Å². The number of aromatic nitrogens is 2. The third-order valence-electron chi connectivity index (χ3n) is 7.79. The first-order chi connectivity index (χ1) is 19.4. The number of nitrogens with two attached hydrogens (primary N) is 1. The number of carbonyl (C=O) groups is 3. The molecule has 1 saturated carbocycles. The van der Waals surface area contributed by atoms with Crippen molar-refractivity contribution in [1.29, 1.82) is 0 Å². The van der Waals surface area contributed by atoms with E-state index in [1.807, 2.05) is 5.32 Å². The van der Waals surface area contributed by atoms with Gasteiger partial charge in [-0.15, -0.1) is 0 Å². The van der Waals surface area contributed by atoms with E-state index in [4.69, 9.17) is 15.0 Å². The Kier molecular flexibility index (Phi) is 9.20. The number of carbonyl (C=O) groups excluding carboxylic acids is 3. The summed E-state index contributed by atoms with van der Waals surface area (Å²) >= 11 is 0. The molecule has 4 amide bonds. The Morgan fingerprint density at radius 2 is 1.98 bits per heavy atom. The Bertz CT molecular complexity index is 1250. The molecule has 1 aliphatic carbocycles. The summed E-state index contributed by atoms with van der Waals surface area (Å²) in [6, 6.07) is -0.235. The van der Waals surface area contributed by atoms with E-state index in [1.54, 1.807) is 13.0 Å². The summed E-state index contributed by atoms with van der Waals surface area (Å²) in [5, 5.41) is 5.86. The van der Waals surface area contributed by atoms with E-state index in [1.165, 1.54) is 30.3 Å². The van der Waals surface area contributed by atoms with Gasteiger partial charge >= 0.3 is 12.2 Å². The quantitative estimate of drug-likeness (QED) is 0.439. The highest BCUT2D eigenvalue weighted by molar-refractivity contribution is 6.00. The van der Waals surface area contributed by atoms with Gasteiger partial charge in [-0.05, 0) is 49.3 Å². The number of halogens is 3. The van der Waals surface area contributed by atoms with Crippen LogP contribution in [0.3, 0.4) is 0 Å². The predicted octanol–water partition coefficient (Wildman–Crippen LogP) is 3.28. The van der Waals surface area contributed by atoms with Gasteiger partial charge in [-0.1, -0.05) is 24.9 Å². The third-order valence-corrected chi connectivity index (χ3v) is 7.79. The predicted molar refractivity (Wildman–Crippen MR) is 140 cm³/mol. The molecule has 1 aliphatic heterocycles. The minimum atomic E-state index is -4.62. The fourth-order valence-corrected chi connectivity index (χ4v) is 5.65. The van der Waals surface area contributed by atoms with Crippen molar-refractivity contribution in [3.05, 3.63) is 41.4 Å². The maximum absolute atomic E-state index is 13.8. The summed E-state index contributed by atoms with van der Waals surface area (Å²) in [5.74, 6) is -0.334. The van der Waals surface area contributed by atoms with Gasteiger partial charge < -0.3 is 25.2 Å². The van der Waals surface area contributed by atoms with E-state index in [9.17, 15) is 27.6 Å². The molecule has 3 N–H and O–H groups in total. The first-order valence-electron chi connectivity index (χ1n) is 13.5. The van der Waals surface area contributed by atoms with E-state index in [2.05, 4.69) is 17.1 Å². The minimum Gasteiger partial charge on any atom is -0.382 e. The van der Waals surface area contributed by atoms with Crippen LogP contribution in [0.4, 0.5) is 23.8 Å². The standard InChI is InChI=1S/C27H35F3N6O5/c1-15-4-6-17(7-5-15)24(25(31)38)36(23(37)12-19-10-16(2)41-34-19)22-11-18(8-9-32-22)20(14-40-3)35-13-21(27(28,29)30)33-26(35)39/h8-11,15,17,20-21,24H,4-7,12-14H2,1-3H3,(H2,31,38)(H,33,39)/t15?,17?,20-,21+,24?/m1/s1. The number of hydrogen-bond acceptors (Lipinski definition) is 7. The number of aryl methyl sites for hydroxylation is 1. The van der Waals surface area contributed by atoms with Crippen LogP contribution in [0.1, 0.15) is 55.7 Å². The van der Waals surface area contributed by atoms with Crippen molar-refractivity contribution in [2.75, 3.05) is 25.2 Å². The highest BCUT2D eigenvalue weighted by Gasteiger charge is 2.48. The number of urea groups is 1. The number of nitrogens with one attached hydrogen (secondary N) is 1. The van der Waals surface area contributed by atoms with E-state index in [0.29, 0.717) is 35.8 Å². The van der Waals surface area contributed by atoms with Gasteiger partial charge in [-0.25, -0.2) is 9.78 Å². The van der Waals surface area contributed by atoms with Crippen LogP contribution in [0.2, 0.25) is 0 Å². The van der Waals surface area contributed by atoms with Crippen LogP contribution in [0.15, 0.2) is 28.9 Å². The Hall–Kier alpha value is -3.68. The number of primary amides is 1. The first kappa shape index (κ1) is 30.3. The second-order valence-electron chi connectivity index (χ2n) is 10.9. The van der Waals surface area contributed by atoms with Gasteiger partial charge in [0.15, 0.2) is 0 Å². The Morgan fingerprint density at radius 3 is 2.54 bits per heavy atom. The Balaban J connectivity index is 1.72. The number of amides is 4. The normalized spacial score (nSPS) is 22.7. The molecule has 0 aromatic carbocycles. The Morgan fingerprint density at radius 1 is 1.27 bits per heavy atom. The summed E-state index contributed by atoms with van der Waals surface area (Å²) < 4.78 is 50.5. The van der Waals surface area contributed by atoms with Crippen molar-refractivity contribution < 1.29 is 36.8 Å². The van der Waals surface area contributed by atoms with Gasteiger partial charge in [0.05, 0.1) is 31.3 Å². The molecule has 2 aromatic rings.